The van der Waals surface area contributed by atoms with E-state index in [0.717, 1.165) is 5.75 Å². The second kappa shape index (κ2) is 10.6. The minimum atomic E-state index is -0.116. The Morgan fingerprint density at radius 2 is 1.29 bits per heavy atom. The van der Waals surface area contributed by atoms with Gasteiger partial charge in [-0.15, -0.1) is 0 Å². The maximum Gasteiger partial charge on any atom is 0.260 e. The lowest BCUT2D eigenvalue weighted by Gasteiger charge is -2.34. The fourth-order valence-electron chi connectivity index (χ4n) is 3.31. The number of piperazine rings is 1. The highest BCUT2D eigenvalue weighted by molar-refractivity contribution is 5.95. The molecule has 1 saturated heterocycles. The number of benzene rings is 2. The summed E-state index contributed by atoms with van der Waals surface area (Å²) in [6.45, 7) is 4.29. The monoisotopic (exact) mass is 428 g/mol. The van der Waals surface area contributed by atoms with Crippen LogP contribution in [0.1, 0.15) is 17.3 Å². The Bertz CT molecular complexity index is 869. The van der Waals surface area contributed by atoms with Gasteiger partial charge < -0.3 is 28.7 Å². The van der Waals surface area contributed by atoms with E-state index in [1.807, 2.05) is 6.92 Å². The van der Waals surface area contributed by atoms with E-state index in [0.29, 0.717) is 55.6 Å². The van der Waals surface area contributed by atoms with E-state index < -0.39 is 0 Å². The van der Waals surface area contributed by atoms with Gasteiger partial charge in [-0.3, -0.25) is 9.59 Å². The summed E-state index contributed by atoms with van der Waals surface area (Å²) in [5, 5.41) is 0. The van der Waals surface area contributed by atoms with Gasteiger partial charge in [0.25, 0.3) is 11.8 Å². The lowest BCUT2D eigenvalue weighted by molar-refractivity contribution is -0.134. The van der Waals surface area contributed by atoms with Gasteiger partial charge in [0.15, 0.2) is 6.61 Å². The number of nitrogens with zero attached hydrogens (tertiary/aromatic N) is 2. The number of methoxy groups -OCH3 is 2. The van der Waals surface area contributed by atoms with E-state index in [2.05, 4.69) is 0 Å². The summed E-state index contributed by atoms with van der Waals surface area (Å²) in [5.74, 6) is 2.26. The standard InChI is InChI=1S/C23H28N2O6/c1-4-30-18-5-7-19(8-6-18)31-16-22(26)24-9-11-25(12-10-24)23(27)17-13-20(28-2)15-21(14-17)29-3/h5-8,13-15H,4,9-12,16H2,1-3H3. The number of hydrogen-bond donors (Lipinski definition) is 0. The number of carbonyl (C=O) groups excluding carboxylic acids is 2. The molecule has 1 heterocycles. The molecule has 2 aromatic carbocycles. The quantitative estimate of drug-likeness (QED) is 0.643. The molecule has 31 heavy (non-hydrogen) atoms. The van der Waals surface area contributed by atoms with Gasteiger partial charge >= 0.3 is 0 Å². The fourth-order valence-corrected chi connectivity index (χ4v) is 3.31. The average molecular weight is 428 g/mol. The molecule has 0 saturated carbocycles. The summed E-state index contributed by atoms with van der Waals surface area (Å²) in [4.78, 5) is 28.8. The predicted molar refractivity (Wildman–Crippen MR) is 115 cm³/mol. The molecular weight excluding hydrogens is 400 g/mol. The zero-order valence-corrected chi connectivity index (χ0v) is 18.1. The summed E-state index contributed by atoms with van der Waals surface area (Å²) in [7, 11) is 3.09. The molecule has 0 bridgehead atoms. The molecule has 1 aliphatic rings. The SMILES string of the molecule is CCOc1ccc(OCC(=O)N2CCN(C(=O)c3cc(OC)cc(OC)c3)CC2)cc1. The zero-order valence-electron chi connectivity index (χ0n) is 18.1. The Morgan fingerprint density at radius 3 is 1.81 bits per heavy atom. The van der Waals surface area contributed by atoms with E-state index in [9.17, 15) is 9.59 Å². The molecule has 1 aliphatic heterocycles. The average Bonchev–Trinajstić information content (AvgIpc) is 2.82. The van der Waals surface area contributed by atoms with E-state index in [1.165, 1.54) is 0 Å². The molecule has 8 nitrogen and oxygen atoms in total. The number of ether oxygens (including phenoxy) is 4. The van der Waals surface area contributed by atoms with E-state index in [1.54, 1.807) is 66.5 Å². The third kappa shape index (κ3) is 5.81. The summed E-state index contributed by atoms with van der Waals surface area (Å²) in [5.41, 5.74) is 0.495. The van der Waals surface area contributed by atoms with Crippen molar-refractivity contribution in [3.63, 3.8) is 0 Å². The molecule has 0 spiro atoms. The van der Waals surface area contributed by atoms with E-state index in [-0.39, 0.29) is 18.4 Å². The van der Waals surface area contributed by atoms with Crippen LogP contribution < -0.4 is 18.9 Å². The van der Waals surface area contributed by atoms with Gasteiger partial charge in [-0.25, -0.2) is 0 Å². The first kappa shape index (κ1) is 22.3. The van der Waals surface area contributed by atoms with Crippen molar-refractivity contribution in [2.75, 3.05) is 53.6 Å². The van der Waals surface area contributed by atoms with Crippen molar-refractivity contribution in [3.8, 4) is 23.0 Å². The largest absolute Gasteiger partial charge is 0.497 e. The van der Waals surface area contributed by atoms with Crippen LogP contribution in [-0.2, 0) is 4.79 Å². The van der Waals surface area contributed by atoms with Gasteiger partial charge in [0.05, 0.1) is 20.8 Å². The Morgan fingerprint density at radius 1 is 0.774 bits per heavy atom. The first-order valence-corrected chi connectivity index (χ1v) is 10.2. The van der Waals surface area contributed by atoms with Crippen LogP contribution in [0.15, 0.2) is 42.5 Å². The molecule has 0 unspecified atom stereocenters. The summed E-state index contributed by atoms with van der Waals surface area (Å²) < 4.78 is 21.5. The van der Waals surface area contributed by atoms with Crippen LogP contribution in [0.2, 0.25) is 0 Å². The van der Waals surface area contributed by atoms with Crippen molar-refractivity contribution < 1.29 is 28.5 Å². The van der Waals surface area contributed by atoms with Crippen molar-refractivity contribution in [1.82, 2.24) is 9.80 Å². The number of amides is 2. The first-order chi connectivity index (χ1) is 15.0. The molecule has 2 amide bonds. The molecule has 0 aliphatic carbocycles. The van der Waals surface area contributed by atoms with E-state index >= 15 is 0 Å². The van der Waals surface area contributed by atoms with Crippen molar-refractivity contribution in [3.05, 3.63) is 48.0 Å². The molecule has 0 atom stereocenters. The van der Waals surface area contributed by atoms with Gasteiger partial charge in [0, 0.05) is 37.8 Å². The minimum Gasteiger partial charge on any atom is -0.497 e. The predicted octanol–water partition coefficient (Wildman–Crippen LogP) is 2.47. The van der Waals surface area contributed by atoms with Crippen LogP contribution in [0.5, 0.6) is 23.0 Å². The van der Waals surface area contributed by atoms with Gasteiger partial charge in [-0.2, -0.15) is 0 Å². The summed E-state index contributed by atoms with van der Waals surface area (Å²) in [6, 6.07) is 12.3. The highest BCUT2D eigenvalue weighted by Crippen LogP contribution is 2.24. The normalized spacial score (nSPS) is 13.5. The van der Waals surface area contributed by atoms with Crippen LogP contribution >= 0.6 is 0 Å². The van der Waals surface area contributed by atoms with Gasteiger partial charge in [0.1, 0.15) is 23.0 Å². The molecule has 0 aromatic heterocycles. The number of hydrogen-bond acceptors (Lipinski definition) is 6. The molecule has 8 heteroatoms. The molecule has 166 valence electrons. The Balaban J connectivity index is 1.50. The summed E-state index contributed by atoms with van der Waals surface area (Å²) in [6.07, 6.45) is 0. The molecule has 0 N–H and O–H groups in total. The first-order valence-electron chi connectivity index (χ1n) is 10.2. The Kier molecular flexibility index (Phi) is 7.59. The Hall–Kier alpha value is -3.42. The number of carbonyl (C=O) groups is 2. The highest BCUT2D eigenvalue weighted by Gasteiger charge is 2.25. The van der Waals surface area contributed by atoms with Crippen molar-refractivity contribution in [2.24, 2.45) is 0 Å². The lowest BCUT2D eigenvalue weighted by Crippen LogP contribution is -2.51. The fraction of sp³-hybridized carbons (Fsp3) is 0.391. The second-order valence-corrected chi connectivity index (χ2v) is 6.97. The topological polar surface area (TPSA) is 77.5 Å². The summed E-state index contributed by atoms with van der Waals surface area (Å²) >= 11 is 0. The zero-order chi connectivity index (χ0) is 22.2. The van der Waals surface area contributed by atoms with Crippen LogP contribution in [0.25, 0.3) is 0 Å². The minimum absolute atomic E-state index is 0.0466. The second-order valence-electron chi connectivity index (χ2n) is 6.97. The van der Waals surface area contributed by atoms with Crippen molar-refractivity contribution in [2.45, 2.75) is 6.92 Å². The van der Waals surface area contributed by atoms with Crippen LogP contribution in [-0.4, -0.2) is 75.2 Å². The van der Waals surface area contributed by atoms with Crippen molar-refractivity contribution >= 4 is 11.8 Å². The van der Waals surface area contributed by atoms with Crippen LogP contribution in [0.4, 0.5) is 0 Å². The molecule has 0 radical (unpaired) electrons. The molecule has 2 aromatic rings. The third-order valence-corrected chi connectivity index (χ3v) is 5.02. The van der Waals surface area contributed by atoms with Crippen molar-refractivity contribution in [1.29, 1.82) is 0 Å². The smallest absolute Gasteiger partial charge is 0.260 e. The highest BCUT2D eigenvalue weighted by atomic mass is 16.5. The van der Waals surface area contributed by atoms with Gasteiger partial charge in [0.2, 0.25) is 0 Å². The maximum atomic E-state index is 12.9. The molecule has 3 rings (SSSR count). The van der Waals surface area contributed by atoms with Crippen LogP contribution in [0, 0.1) is 0 Å². The van der Waals surface area contributed by atoms with Crippen LogP contribution in [0.3, 0.4) is 0 Å². The van der Waals surface area contributed by atoms with Gasteiger partial charge in [-0.1, -0.05) is 0 Å². The molecule has 1 fully saturated rings. The Labute approximate surface area is 182 Å². The third-order valence-electron chi connectivity index (χ3n) is 5.02. The van der Waals surface area contributed by atoms with Gasteiger partial charge in [-0.05, 0) is 43.3 Å². The lowest BCUT2D eigenvalue weighted by atomic mass is 10.1. The maximum absolute atomic E-state index is 12.9. The molecular formula is C23H28N2O6. The van der Waals surface area contributed by atoms with E-state index in [4.69, 9.17) is 18.9 Å². The number of rotatable bonds is 8.